The maximum Gasteiger partial charge on any atom is 0.111 e. The third-order valence-electron chi connectivity index (χ3n) is 4.53. The van der Waals surface area contributed by atoms with Gasteiger partial charge in [0.05, 0.1) is 18.8 Å². The van der Waals surface area contributed by atoms with Gasteiger partial charge in [-0.2, -0.15) is 0 Å². The summed E-state index contributed by atoms with van der Waals surface area (Å²) in [6.45, 7) is -0.360. The first kappa shape index (κ1) is 12.7. The molecule has 6 N–H and O–H groups in total. The van der Waals surface area contributed by atoms with Crippen LogP contribution in [0, 0.1) is 5.92 Å². The largest absolute Gasteiger partial charge is 0.394 e. The molecule has 0 aromatic rings. The molecular formula is C11H19NO6. The first-order valence-corrected chi connectivity index (χ1v) is 6.29. The summed E-state index contributed by atoms with van der Waals surface area (Å²) in [5, 5.41) is 51.3. The van der Waals surface area contributed by atoms with Gasteiger partial charge in [-0.1, -0.05) is 0 Å². The first-order chi connectivity index (χ1) is 8.54. The second kappa shape index (κ2) is 4.38. The fourth-order valence-electron chi connectivity index (χ4n) is 3.52. The van der Waals surface area contributed by atoms with Crippen LogP contribution in [0.5, 0.6) is 0 Å². The lowest BCUT2D eigenvalue weighted by Crippen LogP contribution is -2.57. The Balaban J connectivity index is 1.74. The quantitative estimate of drug-likeness (QED) is 0.305. The summed E-state index contributed by atoms with van der Waals surface area (Å²) < 4.78 is 5.45. The van der Waals surface area contributed by atoms with Gasteiger partial charge in [-0.15, -0.1) is 0 Å². The fraction of sp³-hybridized carbons (Fsp3) is 1.00. The van der Waals surface area contributed by atoms with Crippen molar-refractivity contribution in [1.29, 1.82) is 0 Å². The van der Waals surface area contributed by atoms with Crippen LogP contribution in [0.2, 0.25) is 0 Å². The SMILES string of the molecule is OC[C@H]1O[C@@H]([C@H]2N[C@H]3C[C@@H]2[C@H](O)[C@@H]3O)[C@@H](O)[C@@H]1O. The first-order valence-electron chi connectivity index (χ1n) is 6.29. The topological polar surface area (TPSA) is 122 Å². The van der Waals surface area contributed by atoms with Gasteiger partial charge in [0.25, 0.3) is 0 Å². The van der Waals surface area contributed by atoms with Crippen molar-refractivity contribution >= 4 is 0 Å². The van der Waals surface area contributed by atoms with Crippen molar-refractivity contribution in [3.8, 4) is 0 Å². The molecule has 3 rings (SSSR count). The van der Waals surface area contributed by atoms with Crippen LogP contribution < -0.4 is 5.32 Å². The van der Waals surface area contributed by atoms with E-state index in [4.69, 9.17) is 9.84 Å². The van der Waals surface area contributed by atoms with Gasteiger partial charge in [-0.05, 0) is 6.42 Å². The van der Waals surface area contributed by atoms with Crippen LogP contribution in [0.3, 0.4) is 0 Å². The average molecular weight is 261 g/mol. The number of rotatable bonds is 2. The average Bonchev–Trinajstić information content (AvgIpc) is 2.98. The number of hydrogen-bond acceptors (Lipinski definition) is 7. The highest BCUT2D eigenvalue weighted by Gasteiger charge is 2.58. The molecule has 7 nitrogen and oxygen atoms in total. The zero-order chi connectivity index (χ0) is 13.0. The highest BCUT2D eigenvalue weighted by atomic mass is 16.6. The molecule has 9 atom stereocenters. The van der Waals surface area contributed by atoms with Crippen molar-refractivity contribution in [2.75, 3.05) is 6.61 Å². The number of nitrogens with one attached hydrogen (secondary N) is 1. The molecule has 2 bridgehead atoms. The lowest BCUT2D eigenvalue weighted by atomic mass is 9.89. The zero-order valence-corrected chi connectivity index (χ0v) is 9.75. The number of hydrogen-bond donors (Lipinski definition) is 6. The Morgan fingerprint density at radius 2 is 1.72 bits per heavy atom. The molecule has 2 aliphatic heterocycles. The molecule has 0 aromatic heterocycles. The minimum Gasteiger partial charge on any atom is -0.394 e. The van der Waals surface area contributed by atoms with Crippen LogP contribution >= 0.6 is 0 Å². The predicted molar refractivity (Wildman–Crippen MR) is 58.6 cm³/mol. The maximum absolute atomic E-state index is 9.93. The summed E-state index contributed by atoms with van der Waals surface area (Å²) in [7, 11) is 0. The normalized spacial score (nSPS) is 59.5. The molecule has 3 aliphatic rings. The van der Waals surface area contributed by atoms with Gasteiger partial charge in [0.1, 0.15) is 24.4 Å². The zero-order valence-electron chi connectivity index (χ0n) is 9.75. The summed E-state index contributed by atoms with van der Waals surface area (Å²) >= 11 is 0. The van der Waals surface area contributed by atoms with Crippen LogP contribution in [0.15, 0.2) is 0 Å². The molecule has 3 fully saturated rings. The number of piperidine rings is 1. The van der Waals surface area contributed by atoms with Crippen molar-refractivity contribution in [3.05, 3.63) is 0 Å². The lowest BCUT2D eigenvalue weighted by Gasteiger charge is -2.35. The van der Waals surface area contributed by atoms with E-state index in [1.165, 1.54) is 0 Å². The molecule has 2 saturated heterocycles. The lowest BCUT2D eigenvalue weighted by molar-refractivity contribution is -0.0751. The third-order valence-corrected chi connectivity index (χ3v) is 4.53. The molecule has 18 heavy (non-hydrogen) atoms. The van der Waals surface area contributed by atoms with E-state index in [0.29, 0.717) is 6.42 Å². The minimum atomic E-state index is -1.12. The number of aliphatic hydroxyl groups excluding tert-OH is 5. The fourth-order valence-corrected chi connectivity index (χ4v) is 3.52. The van der Waals surface area contributed by atoms with E-state index in [1.54, 1.807) is 0 Å². The Hall–Kier alpha value is -0.280. The maximum atomic E-state index is 9.93. The predicted octanol–water partition coefficient (Wildman–Crippen LogP) is -3.45. The molecule has 2 heterocycles. The molecule has 0 spiro atoms. The van der Waals surface area contributed by atoms with Crippen LogP contribution in [0.4, 0.5) is 0 Å². The third kappa shape index (κ3) is 1.63. The summed E-state index contributed by atoms with van der Waals surface area (Å²) in [5.41, 5.74) is 0. The molecule has 7 heteroatoms. The molecule has 0 amide bonds. The van der Waals surface area contributed by atoms with Gasteiger partial charge in [-0.3, -0.25) is 0 Å². The number of ether oxygens (including phenoxy) is 1. The Labute approximate surface area is 104 Å². The molecule has 0 aromatic carbocycles. The Kier molecular flexibility index (Phi) is 3.10. The number of fused-ring (bicyclic) bond motifs is 2. The second-order valence-electron chi connectivity index (χ2n) is 5.48. The molecule has 0 radical (unpaired) electrons. The van der Waals surface area contributed by atoms with E-state index in [2.05, 4.69) is 5.32 Å². The Morgan fingerprint density at radius 1 is 1.00 bits per heavy atom. The molecule has 1 aliphatic carbocycles. The van der Waals surface area contributed by atoms with Gasteiger partial charge < -0.3 is 35.6 Å². The highest BCUT2D eigenvalue weighted by molar-refractivity contribution is 5.12. The Morgan fingerprint density at radius 3 is 2.22 bits per heavy atom. The van der Waals surface area contributed by atoms with E-state index in [9.17, 15) is 20.4 Å². The van der Waals surface area contributed by atoms with Crippen molar-refractivity contribution in [2.24, 2.45) is 5.92 Å². The van der Waals surface area contributed by atoms with Crippen molar-refractivity contribution < 1.29 is 30.3 Å². The van der Waals surface area contributed by atoms with Crippen LogP contribution in [0.1, 0.15) is 6.42 Å². The van der Waals surface area contributed by atoms with E-state index in [1.807, 2.05) is 0 Å². The molecule has 104 valence electrons. The standard InChI is InChI=1S/C11H19NO6/c13-2-5-9(16)10(17)11(18-5)6-3-1-4(12-6)8(15)7(3)14/h3-17H,1-2H2/t3-,4-,5+,6-,7-,8+,9+,10-,11-/m0/s1. The van der Waals surface area contributed by atoms with E-state index in [-0.39, 0.29) is 24.6 Å². The van der Waals surface area contributed by atoms with Gasteiger partial charge in [0.2, 0.25) is 0 Å². The van der Waals surface area contributed by atoms with Crippen molar-refractivity contribution in [1.82, 2.24) is 5.32 Å². The second-order valence-corrected chi connectivity index (χ2v) is 5.48. The Bertz CT molecular complexity index is 327. The molecule has 1 saturated carbocycles. The number of aliphatic hydroxyl groups is 5. The van der Waals surface area contributed by atoms with Gasteiger partial charge in [0, 0.05) is 18.0 Å². The molecular weight excluding hydrogens is 242 g/mol. The minimum absolute atomic E-state index is 0.198. The van der Waals surface area contributed by atoms with Crippen LogP contribution in [-0.2, 0) is 4.74 Å². The van der Waals surface area contributed by atoms with Gasteiger partial charge >= 0.3 is 0 Å². The van der Waals surface area contributed by atoms with Gasteiger partial charge in [0.15, 0.2) is 0 Å². The summed E-state index contributed by atoms with van der Waals surface area (Å²) in [5.74, 6) is -0.200. The van der Waals surface area contributed by atoms with E-state index in [0.717, 1.165) is 0 Å². The monoisotopic (exact) mass is 261 g/mol. The summed E-state index contributed by atoms with van der Waals surface area (Å²) in [4.78, 5) is 0. The summed E-state index contributed by atoms with van der Waals surface area (Å²) in [6, 6.07) is -0.509. The van der Waals surface area contributed by atoms with E-state index >= 15 is 0 Å². The summed E-state index contributed by atoms with van der Waals surface area (Å²) in [6.07, 6.45) is -4.68. The highest BCUT2D eigenvalue weighted by Crippen LogP contribution is 2.40. The van der Waals surface area contributed by atoms with Crippen molar-refractivity contribution in [3.63, 3.8) is 0 Å². The molecule has 0 unspecified atom stereocenters. The van der Waals surface area contributed by atoms with E-state index < -0.39 is 36.6 Å². The van der Waals surface area contributed by atoms with Crippen molar-refractivity contribution in [2.45, 2.75) is 55.1 Å². The van der Waals surface area contributed by atoms with Crippen LogP contribution in [0.25, 0.3) is 0 Å². The van der Waals surface area contributed by atoms with Crippen LogP contribution in [-0.4, -0.2) is 80.8 Å². The smallest absolute Gasteiger partial charge is 0.111 e. The van der Waals surface area contributed by atoms with Gasteiger partial charge in [-0.25, -0.2) is 0 Å².